The van der Waals surface area contributed by atoms with Gasteiger partial charge < -0.3 is 5.32 Å². The molecule has 0 radical (unpaired) electrons. The van der Waals surface area contributed by atoms with Crippen LogP contribution < -0.4 is 5.32 Å². The highest BCUT2D eigenvalue weighted by atomic mass is 32.2. The first kappa shape index (κ1) is 15.4. The zero-order chi connectivity index (χ0) is 16.2. The third-order valence-electron chi connectivity index (χ3n) is 3.24. The zero-order valence-electron chi connectivity index (χ0n) is 12.4. The van der Waals surface area contributed by atoms with E-state index in [1.807, 2.05) is 30.3 Å². The molecule has 1 aromatic heterocycles. The maximum absolute atomic E-state index is 13.8. The van der Waals surface area contributed by atoms with Gasteiger partial charge in [0.25, 0.3) is 0 Å². The van der Waals surface area contributed by atoms with Crippen molar-refractivity contribution in [3.63, 3.8) is 0 Å². The first-order valence-corrected chi connectivity index (χ1v) is 8.53. The fourth-order valence-corrected chi connectivity index (χ4v) is 2.69. The fraction of sp³-hybridized carbons (Fsp3) is 0.125. The molecule has 0 spiro atoms. The van der Waals surface area contributed by atoms with E-state index in [1.54, 1.807) is 17.1 Å². The summed E-state index contributed by atoms with van der Waals surface area (Å²) < 4.78 is 25.1. The van der Waals surface area contributed by atoms with Gasteiger partial charge in [-0.15, -0.1) is 0 Å². The Hall–Kier alpha value is -2.54. The smallest absolute Gasteiger partial charge is 0.141 e. The Kier molecular flexibility index (Phi) is 4.47. The maximum Gasteiger partial charge on any atom is 0.141 e. The summed E-state index contributed by atoms with van der Waals surface area (Å²) >= 11 is 0. The van der Waals surface area contributed by atoms with Crippen LogP contribution in [0.3, 0.4) is 0 Å². The highest BCUT2D eigenvalue weighted by Gasteiger charge is 2.07. The van der Waals surface area contributed by atoms with Gasteiger partial charge in [0.1, 0.15) is 11.5 Å². The van der Waals surface area contributed by atoms with E-state index >= 15 is 0 Å². The van der Waals surface area contributed by atoms with Crippen molar-refractivity contribution in [3.05, 3.63) is 66.2 Å². The Bertz CT molecular complexity index is 835. The number of hydrogen-bond donors (Lipinski definition) is 1. The molecule has 1 N–H and O–H groups in total. The number of para-hydroxylation sites is 1. The minimum atomic E-state index is -1.34. The summed E-state index contributed by atoms with van der Waals surface area (Å²) in [4.78, 5) is 1.74. The number of rotatable bonds is 5. The van der Waals surface area contributed by atoms with Crippen LogP contribution in [0.1, 0.15) is 5.69 Å². The molecule has 7 heteroatoms. The SMILES string of the molecule is C[S@@](=O)c1ccc(NCc2cnn(-c3ccccc3)n2)cc1F. The maximum atomic E-state index is 13.8. The summed E-state index contributed by atoms with van der Waals surface area (Å²) in [5.74, 6) is -0.483. The summed E-state index contributed by atoms with van der Waals surface area (Å²) in [5.41, 5.74) is 2.21. The molecule has 3 rings (SSSR count). The molecule has 0 saturated heterocycles. The predicted molar refractivity (Wildman–Crippen MR) is 87.4 cm³/mol. The highest BCUT2D eigenvalue weighted by molar-refractivity contribution is 7.84. The molecule has 0 bridgehead atoms. The van der Waals surface area contributed by atoms with Gasteiger partial charge in [-0.2, -0.15) is 15.0 Å². The van der Waals surface area contributed by atoms with E-state index in [0.717, 1.165) is 11.4 Å². The van der Waals surface area contributed by atoms with Gasteiger partial charge in [0, 0.05) is 11.9 Å². The third-order valence-corrected chi connectivity index (χ3v) is 4.19. The zero-order valence-corrected chi connectivity index (χ0v) is 13.3. The molecule has 0 unspecified atom stereocenters. The standard InChI is InChI=1S/C16H15FN4OS/c1-23(22)16-8-7-12(9-15(16)17)18-10-13-11-19-21(20-13)14-5-3-2-4-6-14/h2-9,11,18H,10H2,1H3/t23-/m1/s1. The second kappa shape index (κ2) is 6.70. The molecule has 0 saturated carbocycles. The van der Waals surface area contributed by atoms with Crippen molar-refractivity contribution in [1.82, 2.24) is 15.0 Å². The average molecular weight is 330 g/mol. The fourth-order valence-electron chi connectivity index (χ4n) is 2.10. The number of benzene rings is 2. The lowest BCUT2D eigenvalue weighted by molar-refractivity contribution is 0.596. The van der Waals surface area contributed by atoms with Crippen LogP contribution in [0.5, 0.6) is 0 Å². The number of halogens is 1. The van der Waals surface area contributed by atoms with Crippen molar-refractivity contribution in [3.8, 4) is 5.69 Å². The molecule has 2 aromatic carbocycles. The molecular weight excluding hydrogens is 315 g/mol. The van der Waals surface area contributed by atoms with Crippen molar-refractivity contribution in [1.29, 1.82) is 0 Å². The molecule has 0 aliphatic carbocycles. The van der Waals surface area contributed by atoms with Gasteiger partial charge in [0.2, 0.25) is 0 Å². The van der Waals surface area contributed by atoms with Crippen LogP contribution >= 0.6 is 0 Å². The summed E-state index contributed by atoms with van der Waals surface area (Å²) in [6, 6.07) is 14.1. The molecule has 5 nitrogen and oxygen atoms in total. The van der Waals surface area contributed by atoms with Gasteiger partial charge in [-0.05, 0) is 30.3 Å². The molecule has 118 valence electrons. The van der Waals surface area contributed by atoms with Crippen molar-refractivity contribution in [2.45, 2.75) is 11.4 Å². The Morgan fingerprint density at radius 1 is 1.22 bits per heavy atom. The highest BCUT2D eigenvalue weighted by Crippen LogP contribution is 2.17. The summed E-state index contributed by atoms with van der Waals surface area (Å²) in [5, 5.41) is 11.6. The van der Waals surface area contributed by atoms with Crippen LogP contribution in [0.15, 0.2) is 59.6 Å². The van der Waals surface area contributed by atoms with Gasteiger partial charge in [0.15, 0.2) is 0 Å². The minimum absolute atomic E-state index is 0.200. The number of aromatic nitrogens is 3. The van der Waals surface area contributed by atoms with E-state index in [0.29, 0.717) is 12.2 Å². The molecule has 23 heavy (non-hydrogen) atoms. The third kappa shape index (κ3) is 3.62. The van der Waals surface area contributed by atoms with Gasteiger partial charge in [-0.1, -0.05) is 18.2 Å². The van der Waals surface area contributed by atoms with E-state index < -0.39 is 16.6 Å². The van der Waals surface area contributed by atoms with Crippen LogP contribution in [-0.4, -0.2) is 25.5 Å². The van der Waals surface area contributed by atoms with Crippen molar-refractivity contribution >= 4 is 16.5 Å². The number of nitrogens with zero attached hydrogens (tertiary/aromatic N) is 3. The Morgan fingerprint density at radius 3 is 2.70 bits per heavy atom. The Morgan fingerprint density at radius 2 is 2.00 bits per heavy atom. The van der Waals surface area contributed by atoms with Gasteiger partial charge in [-0.25, -0.2) is 4.39 Å². The summed E-state index contributed by atoms with van der Waals surface area (Å²) in [7, 11) is -1.34. The average Bonchev–Trinajstić information content (AvgIpc) is 3.02. The predicted octanol–water partition coefficient (Wildman–Crippen LogP) is 2.76. The Labute approximate surface area is 135 Å². The lowest BCUT2D eigenvalue weighted by Crippen LogP contribution is -2.03. The second-order valence-corrected chi connectivity index (χ2v) is 6.26. The van der Waals surface area contributed by atoms with Gasteiger partial charge in [0.05, 0.1) is 34.1 Å². The number of anilines is 1. The molecule has 0 amide bonds. The van der Waals surface area contributed by atoms with Crippen LogP contribution in [-0.2, 0) is 17.3 Å². The summed E-state index contributed by atoms with van der Waals surface area (Å²) in [6.07, 6.45) is 3.11. The molecule has 3 aromatic rings. The van der Waals surface area contributed by atoms with Crippen LogP contribution in [0, 0.1) is 5.82 Å². The van der Waals surface area contributed by atoms with E-state index in [-0.39, 0.29) is 4.90 Å². The first-order valence-electron chi connectivity index (χ1n) is 6.97. The molecule has 0 aliphatic rings. The topological polar surface area (TPSA) is 59.8 Å². The van der Waals surface area contributed by atoms with Crippen LogP contribution in [0.4, 0.5) is 10.1 Å². The number of hydrogen-bond acceptors (Lipinski definition) is 4. The van der Waals surface area contributed by atoms with Gasteiger partial charge >= 0.3 is 0 Å². The molecule has 1 heterocycles. The molecule has 1 atom stereocenters. The Balaban J connectivity index is 1.68. The molecule has 0 fully saturated rings. The van der Waals surface area contributed by atoms with Crippen LogP contribution in [0.25, 0.3) is 5.69 Å². The first-order chi connectivity index (χ1) is 11.1. The minimum Gasteiger partial charge on any atom is -0.379 e. The number of nitrogens with one attached hydrogen (secondary N) is 1. The van der Waals surface area contributed by atoms with Crippen molar-refractivity contribution in [2.75, 3.05) is 11.6 Å². The largest absolute Gasteiger partial charge is 0.379 e. The van der Waals surface area contributed by atoms with Gasteiger partial charge in [-0.3, -0.25) is 4.21 Å². The van der Waals surface area contributed by atoms with E-state index in [4.69, 9.17) is 0 Å². The van der Waals surface area contributed by atoms with E-state index in [2.05, 4.69) is 15.5 Å². The normalized spacial score (nSPS) is 12.1. The lowest BCUT2D eigenvalue weighted by Gasteiger charge is -2.06. The monoisotopic (exact) mass is 330 g/mol. The lowest BCUT2D eigenvalue weighted by atomic mass is 10.3. The van der Waals surface area contributed by atoms with E-state index in [1.165, 1.54) is 18.4 Å². The van der Waals surface area contributed by atoms with Crippen molar-refractivity contribution in [2.24, 2.45) is 0 Å². The van der Waals surface area contributed by atoms with E-state index in [9.17, 15) is 8.60 Å². The molecule has 0 aliphatic heterocycles. The second-order valence-electron chi connectivity index (χ2n) is 4.91. The quantitative estimate of drug-likeness (QED) is 0.781. The molecular formula is C16H15FN4OS. The van der Waals surface area contributed by atoms with Crippen molar-refractivity contribution < 1.29 is 8.60 Å². The summed E-state index contributed by atoms with van der Waals surface area (Å²) in [6.45, 7) is 0.417. The van der Waals surface area contributed by atoms with Crippen LogP contribution in [0.2, 0.25) is 0 Å².